The minimum absolute atomic E-state index is 0.612. The van der Waals surface area contributed by atoms with E-state index in [1.165, 1.54) is 12.5 Å². The number of hydrogen-bond acceptors (Lipinski definition) is 0. The predicted octanol–water partition coefficient (Wildman–Crippen LogP) is 6.28. The van der Waals surface area contributed by atoms with Gasteiger partial charge < -0.3 is 0 Å². The summed E-state index contributed by atoms with van der Waals surface area (Å²) >= 11 is 0. The Labute approximate surface area is 140 Å². The van der Waals surface area contributed by atoms with Gasteiger partial charge in [-0.25, -0.2) is 0 Å². The Bertz CT molecular complexity index is 604. The van der Waals surface area contributed by atoms with E-state index >= 15 is 0 Å². The van der Waals surface area contributed by atoms with Crippen LogP contribution in [0.4, 0.5) is 0 Å². The van der Waals surface area contributed by atoms with Gasteiger partial charge >= 0.3 is 0 Å². The fourth-order valence-corrected chi connectivity index (χ4v) is 6.98. The van der Waals surface area contributed by atoms with E-state index in [0.29, 0.717) is 5.92 Å². The summed E-state index contributed by atoms with van der Waals surface area (Å²) in [5, 5.41) is 1.82. The van der Waals surface area contributed by atoms with Crippen LogP contribution in [0.1, 0.15) is 34.1 Å². The molecular weight excluding hydrogens is 296 g/mol. The van der Waals surface area contributed by atoms with Crippen LogP contribution in [0.5, 0.6) is 0 Å². The summed E-state index contributed by atoms with van der Waals surface area (Å²) in [6.07, 6.45) is 3.81. The van der Waals surface area contributed by atoms with Crippen molar-refractivity contribution >= 4 is 16.9 Å². The Morgan fingerprint density at radius 1 is 1.09 bits per heavy atom. The van der Waals surface area contributed by atoms with E-state index in [1.807, 2.05) is 5.20 Å². The normalized spacial score (nSPS) is 23.4. The summed E-state index contributed by atoms with van der Waals surface area (Å²) in [6, 6.07) is 1.34. The molecule has 0 amide bonds. The molecular formula is C20H34Si2. The maximum Gasteiger partial charge on any atom is 0.0607 e. The molecule has 0 heterocycles. The van der Waals surface area contributed by atoms with Crippen LogP contribution in [-0.2, 0) is 0 Å². The van der Waals surface area contributed by atoms with Crippen molar-refractivity contribution in [3.8, 4) is 0 Å². The molecule has 0 aromatic heterocycles. The van der Waals surface area contributed by atoms with Crippen LogP contribution in [0.15, 0.2) is 44.7 Å². The van der Waals surface area contributed by atoms with E-state index in [4.69, 9.17) is 0 Å². The van der Waals surface area contributed by atoms with Gasteiger partial charge in [0, 0.05) is 14.0 Å². The second-order valence-corrected chi connectivity index (χ2v) is 17.3. The maximum absolute atomic E-state index is 2.58. The fourth-order valence-electron chi connectivity index (χ4n) is 4.01. The van der Waals surface area contributed by atoms with Crippen molar-refractivity contribution < 1.29 is 0 Å². The Kier molecular flexibility index (Phi) is 4.94. The molecule has 0 saturated carbocycles. The molecule has 0 saturated heterocycles. The zero-order valence-electron chi connectivity index (χ0n) is 16.1. The van der Waals surface area contributed by atoms with Gasteiger partial charge in [0.2, 0.25) is 0 Å². The largest absolute Gasteiger partial charge is 0.0773 e. The standard InChI is InChI=1S/C20H34Si2/c1-13-14(2)16(4)19(15(13)3)20-17(12-22(7,8)9)10-11-18(20)21(5)6/h10,15,21H,11-12H2,1-9H3. The predicted molar refractivity (Wildman–Crippen MR) is 107 cm³/mol. The molecule has 1 atom stereocenters. The first-order chi connectivity index (χ1) is 10.0. The zero-order valence-corrected chi connectivity index (χ0v) is 18.3. The second kappa shape index (κ2) is 6.12. The van der Waals surface area contributed by atoms with Crippen LogP contribution >= 0.6 is 0 Å². The van der Waals surface area contributed by atoms with Crippen LogP contribution in [0, 0.1) is 5.92 Å². The monoisotopic (exact) mass is 330 g/mol. The molecule has 1 unspecified atom stereocenters. The second-order valence-electron chi connectivity index (χ2n) is 8.79. The lowest BCUT2D eigenvalue weighted by Crippen LogP contribution is -2.21. The number of rotatable bonds is 4. The third kappa shape index (κ3) is 3.18. The average Bonchev–Trinajstić information content (AvgIpc) is 2.85. The first-order valence-corrected chi connectivity index (χ1v) is 15.4. The Morgan fingerprint density at radius 2 is 1.68 bits per heavy atom. The van der Waals surface area contributed by atoms with Gasteiger partial charge in [-0.05, 0) is 61.1 Å². The lowest BCUT2D eigenvalue weighted by molar-refractivity contribution is 0.824. The van der Waals surface area contributed by atoms with Gasteiger partial charge in [-0.3, -0.25) is 0 Å². The van der Waals surface area contributed by atoms with Crippen LogP contribution in [0.25, 0.3) is 0 Å². The first kappa shape index (κ1) is 17.7. The molecule has 0 radical (unpaired) electrons. The van der Waals surface area contributed by atoms with Crippen molar-refractivity contribution in [1.29, 1.82) is 0 Å². The average molecular weight is 331 g/mol. The highest BCUT2D eigenvalue weighted by Gasteiger charge is 2.33. The van der Waals surface area contributed by atoms with Crippen molar-refractivity contribution in [3.63, 3.8) is 0 Å². The molecule has 0 bridgehead atoms. The summed E-state index contributed by atoms with van der Waals surface area (Å²) in [5.41, 5.74) is 9.77. The van der Waals surface area contributed by atoms with E-state index in [9.17, 15) is 0 Å². The van der Waals surface area contributed by atoms with Crippen molar-refractivity contribution in [1.82, 2.24) is 0 Å². The van der Waals surface area contributed by atoms with Gasteiger partial charge in [0.25, 0.3) is 0 Å². The molecule has 0 aromatic rings. The lowest BCUT2D eigenvalue weighted by Gasteiger charge is -2.24. The molecule has 0 spiro atoms. The Morgan fingerprint density at radius 3 is 2.09 bits per heavy atom. The summed E-state index contributed by atoms with van der Waals surface area (Å²) in [6.45, 7) is 21.9. The van der Waals surface area contributed by atoms with E-state index in [1.54, 1.807) is 33.4 Å². The van der Waals surface area contributed by atoms with E-state index in [2.05, 4.69) is 66.5 Å². The van der Waals surface area contributed by atoms with Gasteiger partial charge in [0.1, 0.15) is 0 Å². The molecule has 0 nitrogen and oxygen atoms in total. The Balaban J connectivity index is 2.53. The summed E-state index contributed by atoms with van der Waals surface area (Å²) < 4.78 is 0. The molecule has 2 heteroatoms. The molecule has 0 aliphatic heterocycles. The van der Waals surface area contributed by atoms with Crippen LogP contribution in [0.3, 0.4) is 0 Å². The molecule has 122 valence electrons. The van der Waals surface area contributed by atoms with Crippen molar-refractivity contribution in [2.75, 3.05) is 0 Å². The van der Waals surface area contributed by atoms with Gasteiger partial charge in [0.15, 0.2) is 0 Å². The zero-order chi connectivity index (χ0) is 16.8. The van der Waals surface area contributed by atoms with Crippen LogP contribution < -0.4 is 0 Å². The molecule has 0 N–H and O–H groups in total. The Hall–Kier alpha value is -0.606. The fraction of sp³-hybridized carbons (Fsp3) is 0.600. The lowest BCUT2D eigenvalue weighted by atomic mass is 9.89. The smallest absolute Gasteiger partial charge is 0.0607 e. The van der Waals surface area contributed by atoms with Crippen LogP contribution in [-0.4, -0.2) is 16.9 Å². The molecule has 2 aliphatic carbocycles. The third-order valence-corrected chi connectivity index (χ3v) is 8.90. The summed E-state index contributed by atoms with van der Waals surface area (Å²) in [4.78, 5) is 0. The van der Waals surface area contributed by atoms with Crippen molar-refractivity contribution in [2.45, 2.75) is 72.9 Å². The molecule has 0 fully saturated rings. The quantitative estimate of drug-likeness (QED) is 0.532. The van der Waals surface area contributed by atoms with Gasteiger partial charge in [-0.15, -0.1) is 0 Å². The number of hydrogen-bond donors (Lipinski definition) is 0. The highest BCUT2D eigenvalue weighted by atomic mass is 28.3. The van der Waals surface area contributed by atoms with Gasteiger partial charge in [0.05, 0.1) is 8.80 Å². The minimum Gasteiger partial charge on any atom is -0.0773 e. The van der Waals surface area contributed by atoms with E-state index < -0.39 is 16.9 Å². The van der Waals surface area contributed by atoms with Crippen LogP contribution in [0.2, 0.25) is 38.8 Å². The molecule has 0 aromatic carbocycles. The number of allylic oxidation sites excluding steroid dienone is 8. The minimum atomic E-state index is -1.08. The van der Waals surface area contributed by atoms with Gasteiger partial charge in [-0.2, -0.15) is 0 Å². The highest BCUT2D eigenvalue weighted by molar-refractivity contribution is 6.76. The summed E-state index contributed by atoms with van der Waals surface area (Å²) in [5.74, 6) is 0.612. The van der Waals surface area contributed by atoms with Crippen molar-refractivity contribution in [3.05, 3.63) is 44.7 Å². The van der Waals surface area contributed by atoms with Gasteiger partial charge in [-0.1, -0.05) is 56.5 Å². The van der Waals surface area contributed by atoms with Crippen molar-refractivity contribution in [2.24, 2.45) is 5.92 Å². The molecule has 2 rings (SSSR count). The third-order valence-electron chi connectivity index (χ3n) is 5.54. The highest BCUT2D eigenvalue weighted by Crippen LogP contribution is 2.47. The van der Waals surface area contributed by atoms with E-state index in [-0.39, 0.29) is 0 Å². The maximum atomic E-state index is 2.58. The SMILES string of the molecule is CC1=C(C)C(C)C(C2=C([SiH](C)C)CC=C2C[Si](C)(C)C)=C1C. The first-order valence-electron chi connectivity index (χ1n) is 8.86. The van der Waals surface area contributed by atoms with E-state index in [0.717, 1.165) is 0 Å². The summed E-state index contributed by atoms with van der Waals surface area (Å²) in [7, 11) is -1.83. The topological polar surface area (TPSA) is 0 Å². The molecule has 2 aliphatic rings. The molecule has 22 heavy (non-hydrogen) atoms.